The number of anilines is 1. The molecule has 4 rings (SSSR count). The number of para-hydroxylation sites is 1. The average Bonchev–Trinajstić information content (AvgIpc) is 3.46. The van der Waals surface area contributed by atoms with Crippen LogP contribution in [0.1, 0.15) is 55.7 Å². The van der Waals surface area contributed by atoms with Crippen LogP contribution in [0.3, 0.4) is 0 Å². The molecule has 0 spiro atoms. The van der Waals surface area contributed by atoms with Crippen molar-refractivity contribution in [3.8, 4) is 0 Å². The number of amides is 2. The van der Waals surface area contributed by atoms with E-state index in [-0.39, 0.29) is 29.1 Å². The van der Waals surface area contributed by atoms with E-state index in [1.165, 1.54) is 35.2 Å². The maximum Gasteiger partial charge on any atom is 0.264 e. The van der Waals surface area contributed by atoms with Gasteiger partial charge in [-0.1, -0.05) is 73.9 Å². The minimum atomic E-state index is -4.33. The van der Waals surface area contributed by atoms with Crippen LogP contribution in [0.5, 0.6) is 0 Å². The first-order valence-electron chi connectivity index (χ1n) is 14.1. The zero-order chi connectivity index (χ0) is 29.6. The van der Waals surface area contributed by atoms with Gasteiger partial charge in [-0.2, -0.15) is 0 Å². The van der Waals surface area contributed by atoms with Gasteiger partial charge in [0.1, 0.15) is 18.4 Å². The van der Waals surface area contributed by atoms with E-state index in [1.807, 2.05) is 45.0 Å². The topological polar surface area (TPSA) is 86.8 Å². The minimum Gasteiger partial charge on any atom is -0.352 e. The highest BCUT2D eigenvalue weighted by atomic mass is 32.2. The molecule has 0 radical (unpaired) electrons. The molecule has 3 aromatic carbocycles. The summed E-state index contributed by atoms with van der Waals surface area (Å²) in [7, 11) is -4.33. The molecule has 1 aliphatic rings. The summed E-state index contributed by atoms with van der Waals surface area (Å²) in [5.41, 5.74) is 2.41. The van der Waals surface area contributed by atoms with Crippen LogP contribution < -0.4 is 9.62 Å². The number of hydrogen-bond donors (Lipinski definition) is 1. The third kappa shape index (κ3) is 7.14. The predicted octanol–water partition coefficient (Wildman–Crippen LogP) is 5.50. The van der Waals surface area contributed by atoms with E-state index < -0.39 is 34.3 Å². The van der Waals surface area contributed by atoms with Crippen molar-refractivity contribution < 1.29 is 22.4 Å². The molecule has 1 aliphatic carbocycles. The number of sulfonamides is 1. The molecule has 1 fully saturated rings. The Morgan fingerprint density at radius 2 is 1.59 bits per heavy atom. The lowest BCUT2D eigenvalue weighted by Gasteiger charge is -2.34. The summed E-state index contributed by atoms with van der Waals surface area (Å²) in [4.78, 5) is 29.0. The highest BCUT2D eigenvalue weighted by molar-refractivity contribution is 7.92. The number of benzene rings is 3. The molecular formula is C32H38FN3O4S. The van der Waals surface area contributed by atoms with Gasteiger partial charge in [0.15, 0.2) is 0 Å². The Hall–Kier alpha value is -3.72. The van der Waals surface area contributed by atoms with Gasteiger partial charge in [-0.3, -0.25) is 13.9 Å². The minimum absolute atomic E-state index is 0.0591. The third-order valence-corrected chi connectivity index (χ3v) is 9.47. The Bertz CT molecular complexity index is 1470. The van der Waals surface area contributed by atoms with Gasteiger partial charge in [0.25, 0.3) is 10.0 Å². The van der Waals surface area contributed by atoms with Crippen LogP contribution in [-0.2, 0) is 26.2 Å². The lowest BCUT2D eigenvalue weighted by atomic mass is 10.1. The summed E-state index contributed by atoms with van der Waals surface area (Å²) < 4.78 is 43.7. The van der Waals surface area contributed by atoms with E-state index >= 15 is 4.39 Å². The van der Waals surface area contributed by atoms with Crippen molar-refractivity contribution in [3.05, 3.63) is 95.3 Å². The molecule has 0 saturated heterocycles. The van der Waals surface area contributed by atoms with Crippen molar-refractivity contribution in [2.75, 3.05) is 10.8 Å². The van der Waals surface area contributed by atoms with Crippen molar-refractivity contribution >= 4 is 27.5 Å². The molecule has 41 heavy (non-hydrogen) atoms. The summed E-state index contributed by atoms with van der Waals surface area (Å²) in [5.74, 6) is -1.63. The quantitative estimate of drug-likeness (QED) is 0.325. The second kappa shape index (κ2) is 13.3. The Morgan fingerprint density at radius 1 is 0.951 bits per heavy atom. The number of nitrogens with one attached hydrogen (secondary N) is 1. The summed E-state index contributed by atoms with van der Waals surface area (Å²) in [6, 6.07) is 18.5. The lowest BCUT2D eigenvalue weighted by molar-refractivity contribution is -0.140. The van der Waals surface area contributed by atoms with E-state index in [2.05, 4.69) is 5.32 Å². The number of rotatable bonds is 11. The lowest BCUT2D eigenvalue weighted by Crippen LogP contribution is -2.53. The number of halogens is 1. The Labute approximate surface area is 242 Å². The summed E-state index contributed by atoms with van der Waals surface area (Å²) in [5, 5.41) is 3.10. The predicted molar refractivity (Wildman–Crippen MR) is 158 cm³/mol. The van der Waals surface area contributed by atoms with Gasteiger partial charge in [-0.15, -0.1) is 0 Å². The molecule has 9 heteroatoms. The average molecular weight is 580 g/mol. The number of aryl methyl sites for hydroxylation is 2. The first-order valence-corrected chi connectivity index (χ1v) is 15.5. The van der Waals surface area contributed by atoms with Crippen LogP contribution in [-0.4, -0.2) is 43.8 Å². The standard InChI is InChI=1S/C32H38FN3O4S/c1-4-29(32(38)34-26-13-7-8-14-26)35(21-25-12-6-5-11-24(25)3)31(37)22-36(30-16-10-9-15-28(30)33)41(39,40)27-19-17-23(2)18-20-27/h5-6,9-12,15-20,26,29H,4,7-8,13-14,21-22H2,1-3H3,(H,34,38)/t29-/m1/s1. The van der Waals surface area contributed by atoms with Gasteiger partial charge in [0.05, 0.1) is 10.6 Å². The zero-order valence-electron chi connectivity index (χ0n) is 23.8. The maximum absolute atomic E-state index is 15.1. The molecule has 0 heterocycles. The van der Waals surface area contributed by atoms with Crippen molar-refractivity contribution in [3.63, 3.8) is 0 Å². The molecule has 0 bridgehead atoms. The van der Waals surface area contributed by atoms with Crippen LogP contribution >= 0.6 is 0 Å². The molecule has 7 nitrogen and oxygen atoms in total. The van der Waals surface area contributed by atoms with E-state index in [4.69, 9.17) is 0 Å². The first-order chi connectivity index (χ1) is 19.6. The van der Waals surface area contributed by atoms with Gasteiger partial charge in [-0.25, -0.2) is 12.8 Å². The van der Waals surface area contributed by atoms with Crippen molar-refractivity contribution in [1.29, 1.82) is 0 Å². The number of carbonyl (C=O) groups is 2. The molecule has 3 aromatic rings. The zero-order valence-corrected chi connectivity index (χ0v) is 24.7. The molecular weight excluding hydrogens is 541 g/mol. The fourth-order valence-corrected chi connectivity index (χ4v) is 6.68. The highest BCUT2D eigenvalue weighted by Crippen LogP contribution is 2.28. The van der Waals surface area contributed by atoms with Crippen LogP contribution in [0.25, 0.3) is 0 Å². The summed E-state index contributed by atoms with van der Waals surface area (Å²) in [6.07, 6.45) is 4.21. The van der Waals surface area contributed by atoms with Crippen molar-refractivity contribution in [2.24, 2.45) is 0 Å². The van der Waals surface area contributed by atoms with E-state index in [0.717, 1.165) is 52.7 Å². The number of nitrogens with zero attached hydrogens (tertiary/aromatic N) is 2. The van der Waals surface area contributed by atoms with Crippen LogP contribution in [0.15, 0.2) is 77.7 Å². The van der Waals surface area contributed by atoms with Gasteiger partial charge in [0, 0.05) is 12.6 Å². The molecule has 0 aliphatic heterocycles. The smallest absolute Gasteiger partial charge is 0.264 e. The Kier molecular flexibility index (Phi) is 9.81. The van der Waals surface area contributed by atoms with Crippen LogP contribution in [0, 0.1) is 19.7 Å². The van der Waals surface area contributed by atoms with E-state index in [1.54, 1.807) is 12.1 Å². The normalized spacial score (nSPS) is 14.4. The van der Waals surface area contributed by atoms with Gasteiger partial charge >= 0.3 is 0 Å². The van der Waals surface area contributed by atoms with Crippen LogP contribution in [0.2, 0.25) is 0 Å². The second-order valence-electron chi connectivity index (χ2n) is 10.6. The largest absolute Gasteiger partial charge is 0.352 e. The van der Waals surface area contributed by atoms with Gasteiger partial charge < -0.3 is 10.2 Å². The molecule has 0 aromatic heterocycles. The SMILES string of the molecule is CC[C@H](C(=O)NC1CCCC1)N(Cc1ccccc1C)C(=O)CN(c1ccccc1F)S(=O)(=O)c1ccc(C)cc1. The molecule has 0 unspecified atom stereocenters. The first kappa shape index (κ1) is 30.2. The molecule has 1 N–H and O–H groups in total. The Balaban J connectivity index is 1.73. The van der Waals surface area contributed by atoms with Gasteiger partial charge in [-0.05, 0) is 68.5 Å². The summed E-state index contributed by atoms with van der Waals surface area (Å²) in [6.45, 7) is 5.02. The molecule has 1 atom stereocenters. The molecule has 218 valence electrons. The second-order valence-corrected chi connectivity index (χ2v) is 12.5. The van der Waals surface area contributed by atoms with E-state index in [0.29, 0.717) is 6.42 Å². The fraction of sp³-hybridized carbons (Fsp3) is 0.375. The van der Waals surface area contributed by atoms with Gasteiger partial charge in [0.2, 0.25) is 11.8 Å². The third-order valence-electron chi connectivity index (χ3n) is 7.70. The van der Waals surface area contributed by atoms with Crippen LogP contribution in [0.4, 0.5) is 10.1 Å². The maximum atomic E-state index is 15.1. The van der Waals surface area contributed by atoms with Crippen molar-refractivity contribution in [2.45, 2.75) is 76.4 Å². The van der Waals surface area contributed by atoms with Crippen molar-refractivity contribution in [1.82, 2.24) is 10.2 Å². The summed E-state index contributed by atoms with van der Waals surface area (Å²) >= 11 is 0. The fourth-order valence-electron chi connectivity index (χ4n) is 5.26. The molecule has 1 saturated carbocycles. The monoisotopic (exact) mass is 579 g/mol. The van der Waals surface area contributed by atoms with E-state index in [9.17, 15) is 18.0 Å². The Morgan fingerprint density at radius 3 is 2.22 bits per heavy atom. The highest BCUT2D eigenvalue weighted by Gasteiger charge is 2.35. The number of hydrogen-bond acceptors (Lipinski definition) is 4. The number of carbonyl (C=O) groups excluding carboxylic acids is 2. The molecule has 2 amide bonds.